The van der Waals surface area contributed by atoms with E-state index in [2.05, 4.69) is 10.2 Å². The largest absolute Gasteiger partial charge is 0.496 e. The maximum Gasteiger partial charge on any atom is 0.266 e. The minimum atomic E-state index is -0.485. The first kappa shape index (κ1) is 21.2. The highest BCUT2D eigenvalue weighted by molar-refractivity contribution is 6.09. The minimum absolute atomic E-state index is 0.0127. The van der Waals surface area contributed by atoms with Crippen molar-refractivity contribution in [2.75, 3.05) is 50.2 Å². The van der Waals surface area contributed by atoms with Crippen LogP contribution in [-0.4, -0.2) is 45.9 Å². The maximum atomic E-state index is 12.6. The number of benzene rings is 2. The third kappa shape index (κ3) is 5.31. The molecule has 0 spiro atoms. The Morgan fingerprint density at radius 1 is 1.23 bits per heavy atom. The van der Waals surface area contributed by atoms with Gasteiger partial charge < -0.3 is 24.4 Å². The summed E-state index contributed by atoms with van der Waals surface area (Å²) in [5.41, 5.74) is 2.25. The summed E-state index contributed by atoms with van der Waals surface area (Å²) in [6.07, 6.45) is 1.53. The van der Waals surface area contributed by atoms with Gasteiger partial charge in [0, 0.05) is 36.1 Å². The van der Waals surface area contributed by atoms with Gasteiger partial charge in [0.2, 0.25) is 0 Å². The fourth-order valence-electron chi connectivity index (χ4n) is 3.14. The maximum absolute atomic E-state index is 12.6. The lowest BCUT2D eigenvalue weighted by atomic mass is 10.1. The third-order valence-electron chi connectivity index (χ3n) is 4.68. The van der Waals surface area contributed by atoms with Crippen molar-refractivity contribution in [3.8, 4) is 17.6 Å². The number of amides is 1. The highest BCUT2D eigenvalue weighted by Gasteiger charge is 2.15. The molecular weight excluding hydrogens is 382 g/mol. The van der Waals surface area contributed by atoms with Gasteiger partial charge in [-0.1, -0.05) is 0 Å². The molecule has 0 saturated carbocycles. The summed E-state index contributed by atoms with van der Waals surface area (Å²) in [6.45, 7) is 5.47. The molecule has 30 heavy (non-hydrogen) atoms. The molecule has 2 aromatic rings. The molecule has 7 heteroatoms. The first-order valence-corrected chi connectivity index (χ1v) is 9.81. The van der Waals surface area contributed by atoms with Gasteiger partial charge in [0.15, 0.2) is 0 Å². The van der Waals surface area contributed by atoms with Crippen LogP contribution in [0.25, 0.3) is 6.08 Å². The molecule has 0 radical (unpaired) electrons. The van der Waals surface area contributed by atoms with Crippen molar-refractivity contribution in [3.05, 3.63) is 53.6 Å². The Bertz CT molecular complexity index is 942. The number of hydrogen-bond acceptors (Lipinski definition) is 6. The summed E-state index contributed by atoms with van der Waals surface area (Å²) in [5.74, 6) is 0.832. The van der Waals surface area contributed by atoms with Crippen LogP contribution in [0.5, 0.6) is 11.5 Å². The van der Waals surface area contributed by atoms with Crippen LogP contribution in [0.1, 0.15) is 12.5 Å². The van der Waals surface area contributed by atoms with Crippen LogP contribution >= 0.6 is 0 Å². The molecule has 1 N–H and O–H groups in total. The van der Waals surface area contributed by atoms with Crippen LogP contribution in [0.2, 0.25) is 0 Å². The van der Waals surface area contributed by atoms with E-state index in [1.54, 1.807) is 31.4 Å². The normalized spacial score (nSPS) is 14.0. The highest BCUT2D eigenvalue weighted by Crippen LogP contribution is 2.28. The molecule has 1 saturated heterocycles. The van der Waals surface area contributed by atoms with Crippen LogP contribution in [0, 0.1) is 11.3 Å². The van der Waals surface area contributed by atoms with Crippen LogP contribution in [0.15, 0.2) is 48.0 Å². The van der Waals surface area contributed by atoms with Crippen LogP contribution in [-0.2, 0) is 9.53 Å². The molecule has 0 unspecified atom stereocenters. The fourth-order valence-corrected chi connectivity index (χ4v) is 3.14. The number of methoxy groups -OCH3 is 1. The zero-order chi connectivity index (χ0) is 21.3. The zero-order valence-electron chi connectivity index (χ0n) is 17.2. The molecule has 1 fully saturated rings. The second-order valence-electron chi connectivity index (χ2n) is 6.61. The summed E-state index contributed by atoms with van der Waals surface area (Å²) in [6, 6.07) is 14.7. The molecular formula is C23H25N3O4. The number of carbonyl (C=O) groups excluding carboxylic acids is 1. The van der Waals surface area contributed by atoms with Gasteiger partial charge in [0.05, 0.1) is 26.9 Å². The van der Waals surface area contributed by atoms with Gasteiger partial charge in [-0.3, -0.25) is 4.79 Å². The summed E-state index contributed by atoms with van der Waals surface area (Å²) >= 11 is 0. The fraction of sp³-hybridized carbons (Fsp3) is 0.304. The number of anilines is 2. The molecule has 0 atom stereocenters. The van der Waals surface area contributed by atoms with Crippen molar-refractivity contribution in [1.29, 1.82) is 5.26 Å². The third-order valence-corrected chi connectivity index (χ3v) is 4.68. The Hall–Kier alpha value is -3.50. The van der Waals surface area contributed by atoms with Crippen molar-refractivity contribution in [3.63, 3.8) is 0 Å². The zero-order valence-corrected chi connectivity index (χ0v) is 17.2. The van der Waals surface area contributed by atoms with Crippen molar-refractivity contribution in [2.45, 2.75) is 6.92 Å². The Balaban J connectivity index is 1.77. The molecule has 1 heterocycles. The Morgan fingerprint density at radius 2 is 1.97 bits per heavy atom. The Labute approximate surface area is 176 Å². The van der Waals surface area contributed by atoms with Gasteiger partial charge in [-0.25, -0.2) is 0 Å². The quantitative estimate of drug-likeness (QED) is 0.559. The van der Waals surface area contributed by atoms with E-state index in [9.17, 15) is 10.1 Å². The number of morpholine rings is 1. The SMILES string of the molecule is CCOc1ccc(NC(=O)/C(C#N)=C\c2ccc(N3CCOCC3)cc2OC)cc1. The molecule has 1 aliphatic rings. The summed E-state index contributed by atoms with van der Waals surface area (Å²) in [4.78, 5) is 14.8. The predicted molar refractivity (Wildman–Crippen MR) is 116 cm³/mol. The van der Waals surface area contributed by atoms with E-state index in [-0.39, 0.29) is 5.57 Å². The molecule has 2 aromatic carbocycles. The number of nitrogens with zero attached hydrogens (tertiary/aromatic N) is 2. The molecule has 0 aliphatic carbocycles. The van der Waals surface area contributed by atoms with E-state index in [0.29, 0.717) is 36.8 Å². The standard InChI is InChI=1S/C23H25N3O4/c1-3-30-21-8-5-19(6-9-21)25-23(27)18(16-24)14-17-4-7-20(15-22(17)28-2)26-10-12-29-13-11-26/h4-9,14-15H,3,10-13H2,1-2H3,(H,25,27)/b18-14-. The molecule has 0 bridgehead atoms. The smallest absolute Gasteiger partial charge is 0.266 e. The monoisotopic (exact) mass is 407 g/mol. The molecule has 7 nitrogen and oxygen atoms in total. The van der Waals surface area contributed by atoms with Gasteiger partial charge in [-0.2, -0.15) is 5.26 Å². The lowest BCUT2D eigenvalue weighted by molar-refractivity contribution is -0.112. The molecule has 1 aliphatic heterocycles. The van der Waals surface area contributed by atoms with Crippen LogP contribution in [0.3, 0.4) is 0 Å². The van der Waals surface area contributed by atoms with E-state index in [4.69, 9.17) is 14.2 Å². The van der Waals surface area contributed by atoms with Crippen molar-refractivity contribution < 1.29 is 19.0 Å². The van der Waals surface area contributed by atoms with E-state index in [1.807, 2.05) is 31.2 Å². The Morgan fingerprint density at radius 3 is 2.60 bits per heavy atom. The summed E-state index contributed by atoms with van der Waals surface area (Å²) in [5, 5.41) is 12.2. The van der Waals surface area contributed by atoms with Crippen molar-refractivity contribution in [2.24, 2.45) is 0 Å². The van der Waals surface area contributed by atoms with Gasteiger partial charge >= 0.3 is 0 Å². The van der Waals surface area contributed by atoms with Gasteiger partial charge in [0.25, 0.3) is 5.91 Å². The van der Waals surface area contributed by atoms with E-state index < -0.39 is 5.91 Å². The Kier molecular flexibility index (Phi) is 7.30. The van der Waals surface area contributed by atoms with E-state index >= 15 is 0 Å². The number of nitriles is 1. The van der Waals surface area contributed by atoms with Crippen molar-refractivity contribution in [1.82, 2.24) is 0 Å². The lowest BCUT2D eigenvalue weighted by Crippen LogP contribution is -2.36. The average molecular weight is 407 g/mol. The number of carbonyl (C=O) groups is 1. The number of hydrogen-bond donors (Lipinski definition) is 1. The topological polar surface area (TPSA) is 83.8 Å². The summed E-state index contributed by atoms with van der Waals surface area (Å²) in [7, 11) is 1.57. The number of nitrogens with one attached hydrogen (secondary N) is 1. The van der Waals surface area contributed by atoms with E-state index in [1.165, 1.54) is 6.08 Å². The first-order chi connectivity index (χ1) is 14.6. The van der Waals surface area contributed by atoms with Gasteiger partial charge in [-0.15, -0.1) is 0 Å². The van der Waals surface area contributed by atoms with Crippen LogP contribution < -0.4 is 19.7 Å². The van der Waals surface area contributed by atoms with E-state index in [0.717, 1.165) is 24.5 Å². The summed E-state index contributed by atoms with van der Waals surface area (Å²) < 4.78 is 16.3. The second kappa shape index (κ2) is 10.3. The first-order valence-electron chi connectivity index (χ1n) is 9.81. The minimum Gasteiger partial charge on any atom is -0.496 e. The molecule has 156 valence electrons. The molecule has 3 rings (SSSR count). The van der Waals surface area contributed by atoms with Gasteiger partial charge in [0.1, 0.15) is 23.1 Å². The second-order valence-corrected chi connectivity index (χ2v) is 6.61. The number of rotatable bonds is 7. The molecule has 0 aromatic heterocycles. The van der Waals surface area contributed by atoms with Crippen LogP contribution in [0.4, 0.5) is 11.4 Å². The number of ether oxygens (including phenoxy) is 3. The predicted octanol–water partition coefficient (Wildman–Crippen LogP) is 3.48. The molecule has 1 amide bonds. The van der Waals surface area contributed by atoms with Gasteiger partial charge in [-0.05, 0) is 49.4 Å². The van der Waals surface area contributed by atoms with Crippen molar-refractivity contribution >= 4 is 23.4 Å². The lowest BCUT2D eigenvalue weighted by Gasteiger charge is -2.29. The average Bonchev–Trinajstić information content (AvgIpc) is 2.79. The highest BCUT2D eigenvalue weighted by atomic mass is 16.5.